The van der Waals surface area contributed by atoms with Crippen LogP contribution >= 0.6 is 0 Å². The first kappa shape index (κ1) is 18.6. The van der Waals surface area contributed by atoms with Gasteiger partial charge in [0, 0.05) is 36.5 Å². The lowest BCUT2D eigenvalue weighted by Gasteiger charge is -2.45. The Labute approximate surface area is 171 Å². The monoisotopic (exact) mass is 394 g/mol. The zero-order valence-electron chi connectivity index (χ0n) is 16.9. The van der Waals surface area contributed by atoms with Crippen molar-refractivity contribution in [1.82, 2.24) is 4.90 Å². The average Bonchev–Trinajstić information content (AvgIpc) is 2.98. The zero-order valence-corrected chi connectivity index (χ0v) is 16.9. The van der Waals surface area contributed by atoms with E-state index in [9.17, 15) is 9.18 Å². The average molecular weight is 394 g/mol. The van der Waals surface area contributed by atoms with Crippen molar-refractivity contribution in [3.8, 4) is 5.75 Å². The molecule has 0 aliphatic carbocycles. The Morgan fingerprint density at radius 1 is 1.21 bits per heavy atom. The number of nitrogens with zero attached hydrogens (tertiary/aromatic N) is 2. The molecule has 0 N–H and O–H groups in total. The number of Topliss-reactive ketones (excluding diaryl/α,β-unsaturated/α-hetero) is 1. The Hall–Kier alpha value is -2.40. The fraction of sp³-hybridized carbons (Fsp3) is 0.458. The number of halogens is 1. The molecule has 0 saturated carbocycles. The van der Waals surface area contributed by atoms with Crippen LogP contribution in [-0.4, -0.2) is 49.5 Å². The van der Waals surface area contributed by atoms with Crippen molar-refractivity contribution >= 4 is 11.5 Å². The molecule has 0 aromatic heterocycles. The van der Waals surface area contributed by atoms with Crippen molar-refractivity contribution in [2.45, 2.75) is 37.6 Å². The number of fused-ring (bicyclic) bond motifs is 3. The van der Waals surface area contributed by atoms with E-state index in [-0.39, 0.29) is 17.0 Å². The van der Waals surface area contributed by atoms with Gasteiger partial charge in [-0.15, -0.1) is 0 Å². The minimum Gasteiger partial charge on any atom is -0.490 e. The minimum atomic E-state index is -0.305. The van der Waals surface area contributed by atoms with Crippen molar-refractivity contribution in [3.63, 3.8) is 0 Å². The van der Waals surface area contributed by atoms with Crippen LogP contribution in [0.25, 0.3) is 0 Å². The number of rotatable bonds is 5. The van der Waals surface area contributed by atoms with E-state index in [0.717, 1.165) is 51.4 Å². The van der Waals surface area contributed by atoms with Crippen LogP contribution in [0.5, 0.6) is 5.75 Å². The van der Waals surface area contributed by atoms with E-state index < -0.39 is 0 Å². The van der Waals surface area contributed by atoms with E-state index in [1.807, 2.05) is 0 Å². The molecule has 3 aliphatic rings. The Kier molecular flexibility index (Phi) is 4.58. The van der Waals surface area contributed by atoms with E-state index in [1.165, 1.54) is 23.4 Å². The van der Waals surface area contributed by atoms with E-state index in [4.69, 9.17) is 4.74 Å². The van der Waals surface area contributed by atoms with Gasteiger partial charge in [-0.1, -0.05) is 19.1 Å². The summed E-state index contributed by atoms with van der Waals surface area (Å²) in [6.07, 6.45) is 2.47. The molecule has 0 amide bonds. The maximum absolute atomic E-state index is 13.0. The molecule has 2 aromatic rings. The first-order valence-corrected chi connectivity index (χ1v) is 10.6. The molecule has 2 unspecified atom stereocenters. The number of carbonyl (C=O) groups is 1. The molecule has 152 valence electrons. The number of hydrogen-bond acceptors (Lipinski definition) is 4. The van der Waals surface area contributed by atoms with E-state index in [0.29, 0.717) is 18.0 Å². The van der Waals surface area contributed by atoms with Gasteiger partial charge in [-0.25, -0.2) is 4.39 Å². The van der Waals surface area contributed by atoms with Crippen LogP contribution in [0.2, 0.25) is 0 Å². The van der Waals surface area contributed by atoms with E-state index >= 15 is 0 Å². The standard InChI is InChI=1S/C24H27FN2O2/c1-24-16-26(12-3-5-20(28)17-7-9-18(25)10-8-17)13-11-22(24)27-14-15-29-21-6-2-4-19(24)23(21)27/h2,4,6-10,22H,3,5,11-16H2,1H3. The quantitative estimate of drug-likeness (QED) is 0.717. The second-order valence-corrected chi connectivity index (χ2v) is 8.73. The molecule has 0 radical (unpaired) electrons. The van der Waals surface area contributed by atoms with Crippen LogP contribution in [0.15, 0.2) is 42.5 Å². The number of piperidine rings is 1. The second-order valence-electron chi connectivity index (χ2n) is 8.73. The summed E-state index contributed by atoms with van der Waals surface area (Å²) in [4.78, 5) is 17.5. The van der Waals surface area contributed by atoms with E-state index in [2.05, 4.69) is 34.9 Å². The summed E-state index contributed by atoms with van der Waals surface area (Å²) in [6.45, 7) is 7.11. The highest BCUT2D eigenvalue weighted by Crippen LogP contribution is 2.53. The fourth-order valence-corrected chi connectivity index (χ4v) is 5.54. The third-order valence-corrected chi connectivity index (χ3v) is 6.92. The summed E-state index contributed by atoms with van der Waals surface area (Å²) >= 11 is 0. The van der Waals surface area contributed by atoms with Crippen LogP contribution in [0.4, 0.5) is 10.1 Å². The van der Waals surface area contributed by atoms with Crippen molar-refractivity contribution < 1.29 is 13.9 Å². The summed E-state index contributed by atoms with van der Waals surface area (Å²) in [6, 6.07) is 12.9. The molecule has 4 nitrogen and oxygen atoms in total. The molecule has 29 heavy (non-hydrogen) atoms. The van der Waals surface area contributed by atoms with Crippen molar-refractivity contribution in [2.24, 2.45) is 0 Å². The molecule has 3 heterocycles. The number of para-hydroxylation sites is 1. The van der Waals surface area contributed by atoms with Crippen LogP contribution in [0, 0.1) is 5.82 Å². The number of hydrogen-bond donors (Lipinski definition) is 0. The minimum absolute atomic E-state index is 0.0937. The number of benzene rings is 2. The maximum Gasteiger partial charge on any atom is 0.162 e. The summed E-state index contributed by atoms with van der Waals surface area (Å²) in [7, 11) is 0. The molecule has 0 bridgehead atoms. The van der Waals surface area contributed by atoms with Crippen molar-refractivity contribution in [2.75, 3.05) is 37.7 Å². The van der Waals surface area contributed by atoms with Crippen LogP contribution in [0.3, 0.4) is 0 Å². The SMILES string of the molecule is CC12CN(CCCC(=O)c3ccc(F)cc3)CCC1N1CCOc3cccc2c31. The number of ether oxygens (including phenoxy) is 1. The molecule has 0 spiro atoms. The lowest BCUT2D eigenvalue weighted by molar-refractivity contribution is 0.0962. The fourth-order valence-electron chi connectivity index (χ4n) is 5.54. The summed E-state index contributed by atoms with van der Waals surface area (Å²) in [5.41, 5.74) is 3.41. The third kappa shape index (κ3) is 3.12. The van der Waals surface area contributed by atoms with E-state index in [1.54, 1.807) is 12.1 Å². The Morgan fingerprint density at radius 2 is 2.03 bits per heavy atom. The van der Waals surface area contributed by atoms with Gasteiger partial charge in [0.1, 0.15) is 18.2 Å². The molecule has 1 saturated heterocycles. The largest absolute Gasteiger partial charge is 0.490 e. The highest BCUT2D eigenvalue weighted by atomic mass is 19.1. The molecule has 1 fully saturated rings. The van der Waals surface area contributed by atoms with Gasteiger partial charge in [-0.05, 0) is 55.3 Å². The van der Waals surface area contributed by atoms with Gasteiger partial charge < -0.3 is 14.5 Å². The first-order valence-electron chi connectivity index (χ1n) is 10.6. The zero-order chi connectivity index (χ0) is 20.0. The van der Waals surface area contributed by atoms with Crippen molar-refractivity contribution in [3.05, 3.63) is 59.4 Å². The molecular weight excluding hydrogens is 367 g/mol. The van der Waals surface area contributed by atoms with Gasteiger partial charge in [0.15, 0.2) is 5.78 Å². The smallest absolute Gasteiger partial charge is 0.162 e. The second kappa shape index (κ2) is 7.13. The number of anilines is 1. The summed E-state index contributed by atoms with van der Waals surface area (Å²) in [5.74, 6) is 0.818. The van der Waals surface area contributed by atoms with Gasteiger partial charge >= 0.3 is 0 Å². The van der Waals surface area contributed by atoms with Gasteiger partial charge in [0.2, 0.25) is 0 Å². The molecule has 5 heteroatoms. The van der Waals surface area contributed by atoms with Gasteiger partial charge in [-0.2, -0.15) is 0 Å². The molecule has 2 atom stereocenters. The van der Waals surface area contributed by atoms with Gasteiger partial charge in [0.25, 0.3) is 0 Å². The predicted octanol–water partition coefficient (Wildman–Crippen LogP) is 4.03. The van der Waals surface area contributed by atoms with Crippen molar-refractivity contribution in [1.29, 1.82) is 0 Å². The Balaban J connectivity index is 1.25. The molecule has 3 aliphatic heterocycles. The molecular formula is C24H27FN2O2. The molecule has 2 aromatic carbocycles. The number of ketones is 1. The lowest BCUT2D eigenvalue weighted by Crippen LogP contribution is -2.56. The normalized spacial score (nSPS) is 25.3. The summed E-state index contributed by atoms with van der Waals surface area (Å²) in [5, 5.41) is 0. The van der Waals surface area contributed by atoms with Gasteiger partial charge in [-0.3, -0.25) is 4.79 Å². The first-order chi connectivity index (χ1) is 14.1. The Morgan fingerprint density at radius 3 is 2.86 bits per heavy atom. The van der Waals surface area contributed by atoms with Gasteiger partial charge in [0.05, 0.1) is 12.2 Å². The highest BCUT2D eigenvalue weighted by Gasteiger charge is 2.52. The topological polar surface area (TPSA) is 32.8 Å². The van der Waals surface area contributed by atoms with Crippen LogP contribution < -0.4 is 9.64 Å². The molecule has 5 rings (SSSR count). The maximum atomic E-state index is 13.0. The number of carbonyl (C=O) groups excluding carboxylic acids is 1. The lowest BCUT2D eigenvalue weighted by atomic mass is 9.74. The van der Waals surface area contributed by atoms with Crippen LogP contribution in [-0.2, 0) is 5.41 Å². The Bertz CT molecular complexity index is 929. The van der Waals surface area contributed by atoms with Crippen LogP contribution in [0.1, 0.15) is 42.1 Å². The predicted molar refractivity (Wildman–Crippen MR) is 111 cm³/mol. The summed E-state index contributed by atoms with van der Waals surface area (Å²) < 4.78 is 19.0. The highest BCUT2D eigenvalue weighted by molar-refractivity contribution is 5.95. The third-order valence-electron chi connectivity index (χ3n) is 6.92. The number of likely N-dealkylation sites (tertiary alicyclic amines) is 1.